The van der Waals surface area contributed by atoms with Crippen LogP contribution in [0, 0.1) is 0 Å². The van der Waals surface area contributed by atoms with Gasteiger partial charge in [-0.15, -0.1) is 0 Å². The largest absolute Gasteiger partial charge is 0.325 e. The van der Waals surface area contributed by atoms with Crippen LogP contribution in [0.25, 0.3) is 27.4 Å². The van der Waals surface area contributed by atoms with Crippen LogP contribution in [0.5, 0.6) is 0 Å². The van der Waals surface area contributed by atoms with Crippen LogP contribution in [0.4, 0.5) is 5.69 Å². The van der Waals surface area contributed by atoms with E-state index < -0.39 is 10.0 Å². The number of carbonyl (C=O) groups is 1. The van der Waals surface area contributed by atoms with Crippen LogP contribution < -0.4 is 16.0 Å². The molecule has 1 aromatic heterocycles. The fourth-order valence-corrected chi connectivity index (χ4v) is 5.41. The molecule has 0 radical (unpaired) electrons. The van der Waals surface area contributed by atoms with Gasteiger partial charge in [0.15, 0.2) is 5.16 Å². The maximum Gasteiger partial charge on any atom is 0.266 e. The van der Waals surface area contributed by atoms with Crippen LogP contribution in [-0.2, 0) is 14.8 Å². The molecule has 0 spiro atoms. The number of hydrogen-bond donors (Lipinski definition) is 2. The summed E-state index contributed by atoms with van der Waals surface area (Å²) in [5.74, 6) is -0.270. The molecule has 0 saturated carbocycles. The van der Waals surface area contributed by atoms with Gasteiger partial charge in [0.2, 0.25) is 15.9 Å². The molecule has 5 aromatic rings. The van der Waals surface area contributed by atoms with E-state index in [2.05, 4.69) is 21.2 Å². The minimum atomic E-state index is -3.90. The van der Waals surface area contributed by atoms with Crippen molar-refractivity contribution in [1.29, 1.82) is 0 Å². The van der Waals surface area contributed by atoms with Crippen LogP contribution >= 0.6 is 27.7 Å². The second-order valence-corrected chi connectivity index (χ2v) is 11.6. The fraction of sp³-hybridized carbons (Fsp3) is 0.0385. The van der Waals surface area contributed by atoms with Crippen molar-refractivity contribution in [3.63, 3.8) is 0 Å². The zero-order valence-corrected chi connectivity index (χ0v) is 22.3. The number of nitrogens with two attached hydrogens (primary N) is 1. The van der Waals surface area contributed by atoms with E-state index in [4.69, 9.17) is 10.1 Å². The summed E-state index contributed by atoms with van der Waals surface area (Å²) in [4.78, 5) is 31.0. The average Bonchev–Trinajstić information content (AvgIpc) is 2.87. The van der Waals surface area contributed by atoms with Crippen LogP contribution in [0.2, 0.25) is 0 Å². The smallest absolute Gasteiger partial charge is 0.266 e. The molecule has 37 heavy (non-hydrogen) atoms. The molecule has 0 aliphatic carbocycles. The number of primary sulfonamides is 1. The minimum absolute atomic E-state index is 0.00312. The number of aromatic nitrogens is 2. The number of halogens is 1. The number of hydrogen-bond acceptors (Lipinski definition) is 6. The number of fused-ring (bicyclic) bond motifs is 2. The molecule has 3 N–H and O–H groups in total. The topological polar surface area (TPSA) is 124 Å². The van der Waals surface area contributed by atoms with Gasteiger partial charge in [-0.25, -0.2) is 18.5 Å². The van der Waals surface area contributed by atoms with Crippen molar-refractivity contribution in [1.82, 2.24) is 9.55 Å². The molecule has 0 unspecified atom stereocenters. The Morgan fingerprint density at radius 2 is 1.62 bits per heavy atom. The molecule has 1 heterocycles. The van der Waals surface area contributed by atoms with Crippen LogP contribution in [0.15, 0.2) is 104 Å². The van der Waals surface area contributed by atoms with Crippen molar-refractivity contribution >= 4 is 71.0 Å². The van der Waals surface area contributed by atoms with Gasteiger partial charge in [0.05, 0.1) is 27.2 Å². The maximum atomic E-state index is 13.7. The van der Waals surface area contributed by atoms with Crippen LogP contribution in [0.3, 0.4) is 0 Å². The molecular formula is C26H19BrN4O4S2. The zero-order valence-electron chi connectivity index (χ0n) is 19.1. The first-order valence-electron chi connectivity index (χ1n) is 11.0. The Balaban J connectivity index is 1.57. The lowest BCUT2D eigenvalue weighted by Crippen LogP contribution is -2.23. The number of nitrogens with zero attached hydrogens (tertiary/aromatic N) is 2. The predicted molar refractivity (Wildman–Crippen MR) is 150 cm³/mol. The van der Waals surface area contributed by atoms with Gasteiger partial charge in [-0.2, -0.15) is 0 Å². The standard InChI is InChI=1S/C26H19BrN4O4S2/c27-18-5-7-19(8-6-18)29-24(32)15-36-26-30-23-14-17-4-2-1-3-16(17)13-22(23)25(33)31(26)20-9-11-21(12-10-20)37(28,34)35/h1-14H,15H2,(H,29,32)(H2,28,34,35). The highest BCUT2D eigenvalue weighted by atomic mass is 79.9. The van der Waals surface area contributed by atoms with Crippen molar-refractivity contribution in [3.05, 3.63) is 99.8 Å². The third-order valence-corrected chi connectivity index (χ3v) is 7.99. The summed E-state index contributed by atoms with van der Waals surface area (Å²) in [5.41, 5.74) is 1.20. The highest BCUT2D eigenvalue weighted by Gasteiger charge is 2.17. The van der Waals surface area contributed by atoms with E-state index in [1.54, 1.807) is 18.2 Å². The SMILES string of the molecule is NS(=O)(=O)c1ccc(-n2c(SCC(=O)Nc3ccc(Br)cc3)nc3cc4ccccc4cc3c2=O)cc1. The number of nitrogens with one attached hydrogen (secondary N) is 1. The van der Waals surface area contributed by atoms with E-state index >= 15 is 0 Å². The van der Waals surface area contributed by atoms with Gasteiger partial charge < -0.3 is 5.32 Å². The Hall–Kier alpha value is -3.51. The Morgan fingerprint density at radius 3 is 2.27 bits per heavy atom. The van der Waals surface area contributed by atoms with E-state index in [0.29, 0.717) is 27.4 Å². The first-order chi connectivity index (χ1) is 17.7. The monoisotopic (exact) mass is 594 g/mol. The molecule has 1 amide bonds. The maximum absolute atomic E-state index is 13.7. The summed E-state index contributed by atoms with van der Waals surface area (Å²) in [6.07, 6.45) is 0. The van der Waals surface area contributed by atoms with Crippen molar-refractivity contribution < 1.29 is 13.2 Å². The molecular weight excluding hydrogens is 576 g/mol. The number of amides is 1. The summed E-state index contributed by atoms with van der Waals surface area (Å²) in [6, 6.07) is 24.1. The fourth-order valence-electron chi connectivity index (χ4n) is 3.82. The van der Waals surface area contributed by atoms with Crippen LogP contribution in [-0.4, -0.2) is 29.6 Å². The zero-order chi connectivity index (χ0) is 26.2. The Bertz CT molecular complexity index is 1820. The number of benzene rings is 4. The summed E-state index contributed by atoms with van der Waals surface area (Å²) in [5, 5.41) is 10.6. The Labute approximate surface area is 224 Å². The molecule has 8 nitrogen and oxygen atoms in total. The number of rotatable bonds is 6. The highest BCUT2D eigenvalue weighted by molar-refractivity contribution is 9.10. The molecule has 0 aliphatic rings. The van der Waals surface area contributed by atoms with Gasteiger partial charge in [-0.1, -0.05) is 52.0 Å². The Kier molecular flexibility index (Phi) is 6.86. The number of sulfonamides is 1. The molecule has 0 saturated heterocycles. The van der Waals surface area contributed by atoms with Crippen molar-refractivity contribution in [2.24, 2.45) is 5.14 Å². The third kappa shape index (κ3) is 5.44. The quantitative estimate of drug-likeness (QED) is 0.167. The highest BCUT2D eigenvalue weighted by Crippen LogP contribution is 2.25. The van der Waals surface area contributed by atoms with Gasteiger partial charge in [0.1, 0.15) is 0 Å². The number of thioether (sulfide) groups is 1. The minimum Gasteiger partial charge on any atom is -0.325 e. The molecule has 186 valence electrons. The van der Waals surface area contributed by atoms with E-state index in [1.807, 2.05) is 42.5 Å². The molecule has 0 bridgehead atoms. The Morgan fingerprint density at radius 1 is 0.973 bits per heavy atom. The second kappa shape index (κ2) is 10.1. The van der Waals surface area contributed by atoms with Crippen molar-refractivity contribution in [2.75, 3.05) is 11.1 Å². The lowest BCUT2D eigenvalue weighted by molar-refractivity contribution is -0.113. The third-order valence-electron chi connectivity index (χ3n) is 5.59. The van der Waals surface area contributed by atoms with E-state index in [9.17, 15) is 18.0 Å². The molecule has 0 aliphatic heterocycles. The summed E-state index contributed by atoms with van der Waals surface area (Å²) >= 11 is 4.47. The van der Waals surface area contributed by atoms with Crippen molar-refractivity contribution in [3.8, 4) is 5.69 Å². The predicted octanol–water partition coefficient (Wildman–Crippen LogP) is 4.68. The summed E-state index contributed by atoms with van der Waals surface area (Å²) in [7, 11) is -3.90. The number of anilines is 1. The first kappa shape index (κ1) is 25.2. The molecule has 0 fully saturated rings. The van der Waals surface area contributed by atoms with Gasteiger partial charge in [0.25, 0.3) is 5.56 Å². The normalized spacial score (nSPS) is 11.6. The second-order valence-electron chi connectivity index (χ2n) is 8.13. The molecule has 11 heteroatoms. The first-order valence-corrected chi connectivity index (χ1v) is 14.3. The van der Waals surface area contributed by atoms with Gasteiger partial charge in [-0.3, -0.25) is 14.2 Å². The molecule has 5 rings (SSSR count). The van der Waals surface area contributed by atoms with Gasteiger partial charge in [0, 0.05) is 10.2 Å². The lowest BCUT2D eigenvalue weighted by Gasteiger charge is -2.14. The lowest BCUT2D eigenvalue weighted by atomic mass is 10.1. The van der Waals surface area contributed by atoms with Crippen LogP contribution in [0.1, 0.15) is 0 Å². The molecule has 0 atom stereocenters. The number of carbonyl (C=O) groups excluding carboxylic acids is 1. The molecule has 4 aromatic carbocycles. The van der Waals surface area contributed by atoms with E-state index in [-0.39, 0.29) is 22.1 Å². The van der Waals surface area contributed by atoms with Gasteiger partial charge >= 0.3 is 0 Å². The van der Waals surface area contributed by atoms with E-state index in [1.165, 1.54) is 28.8 Å². The summed E-state index contributed by atoms with van der Waals surface area (Å²) in [6.45, 7) is 0. The van der Waals surface area contributed by atoms with Gasteiger partial charge in [-0.05, 0) is 71.4 Å². The van der Waals surface area contributed by atoms with Crippen molar-refractivity contribution in [2.45, 2.75) is 10.1 Å². The average molecular weight is 596 g/mol. The summed E-state index contributed by atoms with van der Waals surface area (Å²) < 4.78 is 25.7. The van der Waals surface area contributed by atoms with E-state index in [0.717, 1.165) is 27.0 Å².